The molecule has 0 N–H and O–H groups in total. The lowest BCUT2D eigenvalue weighted by molar-refractivity contribution is 0.249. The van der Waals surface area contributed by atoms with Crippen LogP contribution in [0.5, 0.6) is 5.75 Å². The van der Waals surface area contributed by atoms with Crippen molar-refractivity contribution in [3.8, 4) is 5.75 Å². The highest BCUT2D eigenvalue weighted by atomic mass is 19.1. The maximum absolute atomic E-state index is 13.9. The first-order valence-electron chi connectivity index (χ1n) is 7.71. The van der Waals surface area contributed by atoms with Crippen LogP contribution in [-0.4, -0.2) is 38.2 Å². The predicted molar refractivity (Wildman–Crippen MR) is 86.8 cm³/mol. The Kier molecular flexibility index (Phi) is 4.76. The first kappa shape index (κ1) is 15.7. The third-order valence-electron chi connectivity index (χ3n) is 4.16. The van der Waals surface area contributed by atoms with E-state index in [0.717, 1.165) is 44.5 Å². The Hall–Kier alpha value is -2.14. The second kappa shape index (κ2) is 6.96. The van der Waals surface area contributed by atoms with E-state index in [4.69, 9.17) is 4.74 Å². The predicted octanol–water partition coefficient (Wildman–Crippen LogP) is 3.30. The molecule has 23 heavy (non-hydrogen) atoms. The summed E-state index contributed by atoms with van der Waals surface area (Å²) in [4.78, 5) is 4.30. The summed E-state index contributed by atoms with van der Waals surface area (Å²) in [5.74, 6) is -0.177. The molecule has 3 rings (SSSR count). The number of anilines is 1. The summed E-state index contributed by atoms with van der Waals surface area (Å²) in [6, 6.07) is 11.8. The van der Waals surface area contributed by atoms with Gasteiger partial charge in [0.1, 0.15) is 17.4 Å². The molecule has 2 aromatic rings. The molecule has 122 valence electrons. The Morgan fingerprint density at radius 3 is 2.48 bits per heavy atom. The van der Waals surface area contributed by atoms with E-state index < -0.39 is 11.6 Å². The fraction of sp³-hybridized carbons (Fsp3) is 0.333. The van der Waals surface area contributed by atoms with Crippen molar-refractivity contribution in [2.24, 2.45) is 0 Å². The molecule has 0 amide bonds. The van der Waals surface area contributed by atoms with Crippen molar-refractivity contribution in [3.63, 3.8) is 0 Å². The van der Waals surface area contributed by atoms with Gasteiger partial charge in [0, 0.05) is 38.8 Å². The van der Waals surface area contributed by atoms with Crippen molar-refractivity contribution in [2.75, 3.05) is 38.2 Å². The van der Waals surface area contributed by atoms with Crippen LogP contribution >= 0.6 is 0 Å². The third kappa shape index (κ3) is 3.79. The molecule has 0 unspecified atom stereocenters. The van der Waals surface area contributed by atoms with E-state index in [1.165, 1.54) is 17.7 Å². The molecule has 1 aliphatic heterocycles. The van der Waals surface area contributed by atoms with Gasteiger partial charge in [-0.2, -0.15) is 0 Å². The fourth-order valence-electron chi connectivity index (χ4n) is 2.91. The molecule has 0 spiro atoms. The third-order valence-corrected chi connectivity index (χ3v) is 4.16. The van der Waals surface area contributed by atoms with Gasteiger partial charge in [-0.25, -0.2) is 8.78 Å². The maximum Gasteiger partial charge on any atom is 0.149 e. The Morgan fingerprint density at radius 1 is 1.00 bits per heavy atom. The highest BCUT2D eigenvalue weighted by Gasteiger charge is 2.19. The van der Waals surface area contributed by atoms with Crippen molar-refractivity contribution in [1.82, 2.24) is 4.90 Å². The van der Waals surface area contributed by atoms with Crippen LogP contribution in [0.4, 0.5) is 14.5 Å². The number of methoxy groups -OCH3 is 1. The van der Waals surface area contributed by atoms with Gasteiger partial charge >= 0.3 is 0 Å². The lowest BCUT2D eigenvalue weighted by Gasteiger charge is -2.36. The Morgan fingerprint density at radius 2 is 1.78 bits per heavy atom. The zero-order chi connectivity index (χ0) is 16.2. The topological polar surface area (TPSA) is 15.7 Å². The molecule has 1 aliphatic rings. The van der Waals surface area contributed by atoms with E-state index in [-0.39, 0.29) is 0 Å². The molecule has 0 radical (unpaired) electrons. The number of hydrogen-bond donors (Lipinski definition) is 0. The molecule has 0 aromatic heterocycles. The van der Waals surface area contributed by atoms with Crippen LogP contribution in [0.3, 0.4) is 0 Å². The number of piperazine rings is 1. The standard InChI is InChI=1S/C18H20F2N2O/c1-23-16-4-2-3-14(11-16)13-21-7-9-22(10-8-21)18-6-5-15(19)12-17(18)20/h2-6,11-12H,7-10,13H2,1H3. The molecule has 1 fully saturated rings. The number of halogens is 2. The lowest BCUT2D eigenvalue weighted by Crippen LogP contribution is -2.46. The van der Waals surface area contributed by atoms with Gasteiger partial charge in [0.15, 0.2) is 0 Å². The molecular weight excluding hydrogens is 298 g/mol. The molecule has 0 aliphatic carbocycles. The summed E-state index contributed by atoms with van der Waals surface area (Å²) in [6.07, 6.45) is 0. The zero-order valence-corrected chi connectivity index (χ0v) is 13.1. The van der Waals surface area contributed by atoms with Crippen molar-refractivity contribution in [3.05, 3.63) is 59.7 Å². The van der Waals surface area contributed by atoms with Crippen molar-refractivity contribution < 1.29 is 13.5 Å². The molecule has 3 nitrogen and oxygen atoms in total. The van der Waals surface area contributed by atoms with Gasteiger partial charge in [-0.1, -0.05) is 12.1 Å². The van der Waals surface area contributed by atoms with E-state index in [9.17, 15) is 8.78 Å². The van der Waals surface area contributed by atoms with E-state index >= 15 is 0 Å². The number of benzene rings is 2. The van der Waals surface area contributed by atoms with Crippen molar-refractivity contribution in [1.29, 1.82) is 0 Å². The second-order valence-corrected chi connectivity index (χ2v) is 5.71. The summed E-state index contributed by atoms with van der Waals surface area (Å²) < 4.78 is 32.1. The smallest absolute Gasteiger partial charge is 0.149 e. The Bertz CT molecular complexity index is 670. The number of nitrogens with zero attached hydrogens (tertiary/aromatic N) is 2. The average Bonchev–Trinajstić information content (AvgIpc) is 2.56. The van der Waals surface area contributed by atoms with Gasteiger partial charge in [0.05, 0.1) is 12.8 Å². The van der Waals surface area contributed by atoms with Crippen LogP contribution < -0.4 is 9.64 Å². The number of hydrogen-bond acceptors (Lipinski definition) is 3. The normalized spacial score (nSPS) is 15.7. The molecule has 1 heterocycles. The Labute approximate surface area is 135 Å². The first-order chi connectivity index (χ1) is 11.2. The van der Waals surface area contributed by atoms with Crippen LogP contribution in [0.15, 0.2) is 42.5 Å². The molecule has 0 saturated carbocycles. The molecule has 2 aromatic carbocycles. The average molecular weight is 318 g/mol. The molecule has 1 saturated heterocycles. The van der Waals surface area contributed by atoms with E-state index in [0.29, 0.717) is 5.69 Å². The number of rotatable bonds is 4. The lowest BCUT2D eigenvalue weighted by atomic mass is 10.1. The quantitative estimate of drug-likeness (QED) is 0.860. The molecule has 0 bridgehead atoms. The van der Waals surface area contributed by atoms with Gasteiger partial charge in [-0.3, -0.25) is 4.90 Å². The van der Waals surface area contributed by atoms with Gasteiger partial charge in [0.25, 0.3) is 0 Å². The molecule has 0 atom stereocenters. The largest absolute Gasteiger partial charge is 0.497 e. The second-order valence-electron chi connectivity index (χ2n) is 5.71. The van der Waals surface area contributed by atoms with Crippen LogP contribution in [0.2, 0.25) is 0 Å². The van der Waals surface area contributed by atoms with E-state index in [1.54, 1.807) is 7.11 Å². The summed E-state index contributed by atoms with van der Waals surface area (Å²) in [6.45, 7) is 3.98. The van der Waals surface area contributed by atoms with Crippen molar-refractivity contribution in [2.45, 2.75) is 6.54 Å². The van der Waals surface area contributed by atoms with E-state index in [2.05, 4.69) is 11.0 Å². The van der Waals surface area contributed by atoms with E-state index in [1.807, 2.05) is 23.1 Å². The van der Waals surface area contributed by atoms with Gasteiger partial charge in [0.2, 0.25) is 0 Å². The monoisotopic (exact) mass is 318 g/mol. The molecule has 5 heteroatoms. The summed E-state index contributed by atoms with van der Waals surface area (Å²) in [5.41, 5.74) is 1.68. The molecular formula is C18H20F2N2O. The van der Waals surface area contributed by atoms with Crippen LogP contribution in [0, 0.1) is 11.6 Å². The minimum atomic E-state index is -0.539. The number of ether oxygens (including phenoxy) is 1. The highest BCUT2D eigenvalue weighted by Crippen LogP contribution is 2.22. The van der Waals surface area contributed by atoms with Gasteiger partial charge in [-0.15, -0.1) is 0 Å². The zero-order valence-electron chi connectivity index (χ0n) is 13.1. The van der Waals surface area contributed by atoms with Crippen molar-refractivity contribution >= 4 is 5.69 Å². The minimum absolute atomic E-state index is 0.479. The minimum Gasteiger partial charge on any atom is -0.497 e. The maximum atomic E-state index is 13.9. The first-order valence-corrected chi connectivity index (χ1v) is 7.71. The van der Waals surface area contributed by atoms with Gasteiger partial charge < -0.3 is 9.64 Å². The summed E-state index contributed by atoms with van der Waals surface area (Å²) in [7, 11) is 1.66. The fourth-order valence-corrected chi connectivity index (χ4v) is 2.91. The van der Waals surface area contributed by atoms with Gasteiger partial charge in [-0.05, 0) is 29.8 Å². The summed E-state index contributed by atoms with van der Waals surface area (Å²) in [5, 5.41) is 0. The highest BCUT2D eigenvalue weighted by molar-refractivity contribution is 5.48. The van der Waals surface area contributed by atoms with Crippen LogP contribution in [-0.2, 0) is 6.54 Å². The Balaban J connectivity index is 1.59. The van der Waals surface area contributed by atoms with Crippen LogP contribution in [0.25, 0.3) is 0 Å². The van der Waals surface area contributed by atoms with Crippen LogP contribution in [0.1, 0.15) is 5.56 Å². The SMILES string of the molecule is COc1cccc(CN2CCN(c3ccc(F)cc3F)CC2)c1. The summed E-state index contributed by atoms with van der Waals surface area (Å²) >= 11 is 0.